The molecule has 0 aliphatic carbocycles. The fourth-order valence-electron chi connectivity index (χ4n) is 8.44. The second kappa shape index (κ2) is 12.5. The molecule has 1 aliphatic heterocycles. The van der Waals surface area contributed by atoms with Gasteiger partial charge in [0.2, 0.25) is 0 Å². The molecule has 10 rings (SSSR count). The van der Waals surface area contributed by atoms with Crippen molar-refractivity contribution in [2.45, 2.75) is 39.5 Å². The first-order valence-electron chi connectivity index (χ1n) is 18.7. The normalized spacial score (nSPS) is 13.2. The average Bonchev–Trinajstić information content (AvgIpc) is 3.75. The van der Waals surface area contributed by atoms with Crippen LogP contribution in [-0.2, 0) is 11.8 Å². The summed E-state index contributed by atoms with van der Waals surface area (Å²) in [6.45, 7) is 9.14. The topological polar surface area (TPSA) is 25.6 Å². The first-order chi connectivity index (χ1) is 26.4. The number of ether oxygens (including phenoxy) is 1. The number of hydrogen-bond acceptors (Lipinski definition) is 4. The van der Waals surface area contributed by atoms with Crippen LogP contribution in [0, 0.1) is 6.92 Å². The summed E-state index contributed by atoms with van der Waals surface area (Å²) in [5.41, 5.74) is 13.4. The summed E-state index contributed by atoms with van der Waals surface area (Å²) in [5, 5.41) is 3.51. The molecule has 0 saturated carbocycles. The van der Waals surface area contributed by atoms with Crippen LogP contribution in [0.25, 0.3) is 54.3 Å². The van der Waals surface area contributed by atoms with Gasteiger partial charge < -0.3 is 14.1 Å². The van der Waals surface area contributed by atoms with Gasteiger partial charge in [0.05, 0.1) is 0 Å². The van der Waals surface area contributed by atoms with Gasteiger partial charge >= 0.3 is 0 Å². The standard InChI is InChI=1S/C50H39NO2S/c1-5-39-31(2)54-47-28-25-42-49(48(39)47)53-46-26-19-35(29-43(46)50(42,3)4)34-17-22-37(23-18-34)51(36-20-15-33(16-21-36)32-11-7-6-8-12-32)38-24-27-45-41(30-38)40-13-9-10-14-44(40)52-45/h6-30H,5H2,1-4H3. The Kier molecular flexibility index (Phi) is 7.53. The van der Waals surface area contributed by atoms with E-state index in [0.717, 1.165) is 62.5 Å². The van der Waals surface area contributed by atoms with Gasteiger partial charge in [-0.3, -0.25) is 0 Å². The number of para-hydroxylation sites is 1. The first-order valence-corrected chi connectivity index (χ1v) is 19.5. The molecule has 2 aromatic heterocycles. The van der Waals surface area contributed by atoms with Gasteiger partial charge in [0.15, 0.2) is 0 Å². The van der Waals surface area contributed by atoms with E-state index in [2.05, 4.69) is 172 Å². The quantitative estimate of drug-likeness (QED) is 0.171. The molecule has 0 fully saturated rings. The highest BCUT2D eigenvalue weighted by Crippen LogP contribution is 2.53. The number of hydrogen-bond donors (Lipinski definition) is 0. The minimum Gasteiger partial charge on any atom is -0.456 e. The molecule has 3 heterocycles. The number of rotatable bonds is 6. The van der Waals surface area contributed by atoms with Gasteiger partial charge in [-0.05, 0) is 108 Å². The molecule has 0 bridgehead atoms. The van der Waals surface area contributed by atoms with Crippen LogP contribution in [0.15, 0.2) is 156 Å². The predicted octanol–water partition coefficient (Wildman–Crippen LogP) is 14.9. The zero-order valence-corrected chi connectivity index (χ0v) is 31.6. The van der Waals surface area contributed by atoms with E-state index in [0.29, 0.717) is 0 Å². The molecule has 0 atom stereocenters. The zero-order chi connectivity index (χ0) is 36.6. The summed E-state index contributed by atoms with van der Waals surface area (Å²) in [7, 11) is 0. The van der Waals surface area contributed by atoms with E-state index < -0.39 is 0 Å². The molecule has 4 heteroatoms. The SMILES string of the molecule is CCc1c(C)sc2ccc3c(c12)Oc1ccc(-c2ccc(N(c4ccc(-c5ccccc5)cc4)c4ccc5oc6ccccc6c5c4)cc2)cc1C3(C)C. The van der Waals surface area contributed by atoms with Crippen molar-refractivity contribution in [1.82, 2.24) is 0 Å². The van der Waals surface area contributed by atoms with Crippen LogP contribution in [0.1, 0.15) is 42.3 Å². The summed E-state index contributed by atoms with van der Waals surface area (Å²) in [5.74, 6) is 1.97. The van der Waals surface area contributed by atoms with Gasteiger partial charge in [-0.1, -0.05) is 106 Å². The van der Waals surface area contributed by atoms with Crippen molar-refractivity contribution in [2.24, 2.45) is 0 Å². The Hall–Kier alpha value is -6.10. The van der Waals surface area contributed by atoms with E-state index in [-0.39, 0.29) is 5.41 Å². The van der Waals surface area contributed by atoms with E-state index in [4.69, 9.17) is 9.15 Å². The summed E-state index contributed by atoms with van der Waals surface area (Å²) < 4.78 is 14.3. The maximum absolute atomic E-state index is 6.80. The van der Waals surface area contributed by atoms with Crippen molar-refractivity contribution in [3.8, 4) is 33.8 Å². The fraction of sp³-hybridized carbons (Fsp3) is 0.120. The number of aryl methyl sites for hydroxylation is 2. The highest BCUT2D eigenvalue weighted by Gasteiger charge is 2.36. The van der Waals surface area contributed by atoms with Crippen molar-refractivity contribution in [3.63, 3.8) is 0 Å². The van der Waals surface area contributed by atoms with Crippen molar-refractivity contribution in [3.05, 3.63) is 173 Å². The number of furan rings is 1. The number of thiophene rings is 1. The molecule has 7 aromatic carbocycles. The van der Waals surface area contributed by atoms with E-state index in [1.54, 1.807) is 0 Å². The smallest absolute Gasteiger partial charge is 0.140 e. The molecule has 54 heavy (non-hydrogen) atoms. The molecular formula is C50H39NO2S. The molecule has 0 N–H and O–H groups in total. The number of fused-ring (bicyclic) bond motifs is 7. The van der Waals surface area contributed by atoms with Gasteiger partial charge in [-0.25, -0.2) is 0 Å². The largest absolute Gasteiger partial charge is 0.456 e. The van der Waals surface area contributed by atoms with Crippen molar-refractivity contribution >= 4 is 60.4 Å². The number of benzene rings is 7. The molecular weight excluding hydrogens is 679 g/mol. The third kappa shape index (κ3) is 5.16. The monoisotopic (exact) mass is 717 g/mol. The summed E-state index contributed by atoms with van der Waals surface area (Å²) in [4.78, 5) is 3.71. The molecule has 0 spiro atoms. The summed E-state index contributed by atoms with van der Waals surface area (Å²) >= 11 is 1.87. The Bertz CT molecular complexity index is 2860. The lowest BCUT2D eigenvalue weighted by molar-refractivity contribution is 0.423. The molecule has 0 amide bonds. The molecule has 0 saturated heterocycles. The Morgan fingerprint density at radius 2 is 1.20 bits per heavy atom. The lowest BCUT2D eigenvalue weighted by Crippen LogP contribution is -2.24. The maximum Gasteiger partial charge on any atom is 0.140 e. The van der Waals surface area contributed by atoms with E-state index in [9.17, 15) is 0 Å². The van der Waals surface area contributed by atoms with E-state index in [1.165, 1.54) is 48.3 Å². The fourth-order valence-corrected chi connectivity index (χ4v) is 9.59. The minimum atomic E-state index is -0.216. The van der Waals surface area contributed by atoms with Gasteiger partial charge in [0.25, 0.3) is 0 Å². The van der Waals surface area contributed by atoms with Crippen molar-refractivity contribution in [2.75, 3.05) is 4.90 Å². The highest BCUT2D eigenvalue weighted by molar-refractivity contribution is 7.19. The number of nitrogens with zero attached hydrogens (tertiary/aromatic N) is 1. The number of anilines is 3. The molecule has 0 unspecified atom stereocenters. The molecule has 1 aliphatic rings. The molecule has 3 nitrogen and oxygen atoms in total. The van der Waals surface area contributed by atoms with Crippen molar-refractivity contribution in [1.29, 1.82) is 0 Å². The van der Waals surface area contributed by atoms with E-state index >= 15 is 0 Å². The summed E-state index contributed by atoms with van der Waals surface area (Å²) in [6, 6.07) is 54.3. The van der Waals surface area contributed by atoms with E-state index in [1.807, 2.05) is 23.5 Å². The average molecular weight is 718 g/mol. The van der Waals surface area contributed by atoms with Crippen LogP contribution in [0.2, 0.25) is 0 Å². The summed E-state index contributed by atoms with van der Waals surface area (Å²) in [6.07, 6.45) is 0.999. The van der Waals surface area contributed by atoms with Crippen LogP contribution in [0.3, 0.4) is 0 Å². The minimum absolute atomic E-state index is 0.216. The molecule has 262 valence electrons. The Balaban J connectivity index is 1.04. The Labute approximate surface area is 319 Å². The highest BCUT2D eigenvalue weighted by atomic mass is 32.1. The van der Waals surface area contributed by atoms with Crippen LogP contribution in [-0.4, -0.2) is 0 Å². The van der Waals surface area contributed by atoms with Crippen molar-refractivity contribution < 1.29 is 9.15 Å². The van der Waals surface area contributed by atoms with Crippen LogP contribution < -0.4 is 9.64 Å². The Morgan fingerprint density at radius 3 is 1.94 bits per heavy atom. The van der Waals surface area contributed by atoms with Crippen LogP contribution in [0.5, 0.6) is 11.5 Å². The van der Waals surface area contributed by atoms with Gasteiger partial charge in [0.1, 0.15) is 22.7 Å². The van der Waals surface area contributed by atoms with Crippen LogP contribution in [0.4, 0.5) is 17.1 Å². The lowest BCUT2D eigenvalue weighted by Gasteiger charge is -2.35. The van der Waals surface area contributed by atoms with Gasteiger partial charge in [-0.2, -0.15) is 0 Å². The lowest BCUT2D eigenvalue weighted by atomic mass is 9.74. The molecule has 0 radical (unpaired) electrons. The zero-order valence-electron chi connectivity index (χ0n) is 30.8. The van der Waals surface area contributed by atoms with Gasteiger partial charge in [-0.15, -0.1) is 11.3 Å². The van der Waals surface area contributed by atoms with Crippen LogP contribution >= 0.6 is 11.3 Å². The predicted molar refractivity (Wildman–Crippen MR) is 227 cm³/mol. The molecule has 9 aromatic rings. The second-order valence-corrected chi connectivity index (χ2v) is 16.1. The first kappa shape index (κ1) is 32.5. The third-order valence-corrected chi connectivity index (χ3v) is 12.4. The van der Waals surface area contributed by atoms with Gasteiger partial charge in [0, 0.05) is 59.3 Å². The Morgan fingerprint density at radius 1 is 0.574 bits per heavy atom. The second-order valence-electron chi connectivity index (χ2n) is 14.8. The third-order valence-electron chi connectivity index (χ3n) is 11.3. The maximum atomic E-state index is 6.80.